The molecule has 0 bridgehead atoms. The van der Waals surface area contributed by atoms with Crippen molar-refractivity contribution in [2.24, 2.45) is 0 Å². The Hall–Kier alpha value is -2.57. The summed E-state index contributed by atoms with van der Waals surface area (Å²) in [6, 6.07) is 16.2. The molecule has 0 aliphatic carbocycles. The van der Waals surface area contributed by atoms with E-state index in [0.29, 0.717) is 16.3 Å². The molecular formula is C17H12ClNO2. The summed E-state index contributed by atoms with van der Waals surface area (Å²) in [6.07, 6.45) is 1.72. The predicted octanol–water partition coefficient (Wildman–Crippen LogP) is 4.33. The topological polar surface area (TPSA) is 50.1 Å². The van der Waals surface area contributed by atoms with E-state index in [1.807, 2.05) is 12.1 Å². The summed E-state index contributed by atoms with van der Waals surface area (Å²) in [5, 5.41) is 9.87. The van der Waals surface area contributed by atoms with E-state index in [9.17, 15) is 10.1 Å². The first-order chi connectivity index (χ1) is 10.1. The van der Waals surface area contributed by atoms with Crippen LogP contribution < -0.4 is 4.74 Å². The zero-order valence-electron chi connectivity index (χ0n) is 11.3. The van der Waals surface area contributed by atoms with Crippen molar-refractivity contribution in [3.05, 3.63) is 64.7 Å². The third-order valence-corrected chi connectivity index (χ3v) is 2.92. The number of nitriles is 1. The van der Waals surface area contributed by atoms with Crippen LogP contribution in [0.4, 0.5) is 0 Å². The van der Waals surface area contributed by atoms with Gasteiger partial charge in [0.05, 0.1) is 11.6 Å². The lowest BCUT2D eigenvalue weighted by molar-refractivity contribution is -0.131. The number of carbonyl (C=O) groups is 1. The summed E-state index contributed by atoms with van der Waals surface area (Å²) in [4.78, 5) is 11.0. The second kappa shape index (κ2) is 6.74. The molecule has 3 nitrogen and oxygen atoms in total. The number of nitrogens with zero attached hydrogens (tertiary/aromatic N) is 1. The van der Waals surface area contributed by atoms with Gasteiger partial charge in [0, 0.05) is 11.9 Å². The molecule has 2 rings (SSSR count). The molecule has 0 fully saturated rings. The van der Waals surface area contributed by atoms with Crippen LogP contribution in [-0.4, -0.2) is 5.97 Å². The Bertz CT molecular complexity index is 744. The molecule has 0 N–H and O–H groups in total. The molecular weight excluding hydrogens is 286 g/mol. The molecule has 0 saturated heterocycles. The standard InChI is InChI=1S/C17H12ClNO2/c1-12(20)21-17-7-2-4-13(9-17)8-15(11-19)14-5-3-6-16(18)10-14/h2-10H,1H3/b15-8-. The van der Waals surface area contributed by atoms with Gasteiger partial charge in [-0.1, -0.05) is 35.9 Å². The average molecular weight is 298 g/mol. The van der Waals surface area contributed by atoms with Crippen LogP contribution in [0.1, 0.15) is 18.1 Å². The first-order valence-corrected chi connectivity index (χ1v) is 6.62. The smallest absolute Gasteiger partial charge is 0.308 e. The maximum atomic E-state index is 11.0. The molecule has 0 aliphatic rings. The fourth-order valence-corrected chi connectivity index (χ4v) is 2.03. The molecule has 0 spiro atoms. The molecule has 0 aromatic heterocycles. The Balaban J connectivity index is 2.37. The molecule has 0 unspecified atom stereocenters. The summed E-state index contributed by atoms with van der Waals surface area (Å²) >= 11 is 5.94. The number of allylic oxidation sites excluding steroid dienone is 1. The molecule has 4 heteroatoms. The van der Waals surface area contributed by atoms with Crippen LogP contribution in [0.3, 0.4) is 0 Å². The van der Waals surface area contributed by atoms with E-state index in [2.05, 4.69) is 6.07 Å². The predicted molar refractivity (Wildman–Crippen MR) is 82.7 cm³/mol. The molecule has 2 aromatic carbocycles. The minimum Gasteiger partial charge on any atom is -0.427 e. The molecule has 0 saturated carbocycles. The summed E-state index contributed by atoms with van der Waals surface area (Å²) in [6.45, 7) is 1.34. The third-order valence-electron chi connectivity index (χ3n) is 2.69. The number of hydrogen-bond acceptors (Lipinski definition) is 3. The van der Waals surface area contributed by atoms with Gasteiger partial charge in [-0.3, -0.25) is 4.79 Å². The maximum absolute atomic E-state index is 11.0. The minimum absolute atomic E-state index is 0.383. The summed E-state index contributed by atoms with van der Waals surface area (Å²) in [5.41, 5.74) is 1.99. The van der Waals surface area contributed by atoms with Gasteiger partial charge in [-0.2, -0.15) is 5.26 Å². The summed E-state index contributed by atoms with van der Waals surface area (Å²) in [7, 11) is 0. The van der Waals surface area contributed by atoms with E-state index in [1.165, 1.54) is 6.92 Å². The highest BCUT2D eigenvalue weighted by molar-refractivity contribution is 6.30. The van der Waals surface area contributed by atoms with Crippen LogP contribution in [0.25, 0.3) is 11.6 Å². The SMILES string of the molecule is CC(=O)Oc1cccc(/C=C(/C#N)c2cccc(Cl)c2)c1. The van der Waals surface area contributed by atoms with Crippen molar-refractivity contribution in [2.45, 2.75) is 6.92 Å². The van der Waals surface area contributed by atoms with Crippen molar-refractivity contribution >= 4 is 29.2 Å². The van der Waals surface area contributed by atoms with Gasteiger partial charge in [-0.05, 0) is 41.5 Å². The number of benzene rings is 2. The number of ether oxygens (including phenoxy) is 1. The number of rotatable bonds is 3. The molecule has 0 radical (unpaired) electrons. The average Bonchev–Trinajstić information content (AvgIpc) is 2.44. The summed E-state index contributed by atoms with van der Waals surface area (Å²) in [5.74, 6) is 0.0612. The second-order valence-electron chi connectivity index (χ2n) is 4.35. The van der Waals surface area contributed by atoms with E-state index < -0.39 is 0 Å². The van der Waals surface area contributed by atoms with Crippen molar-refractivity contribution in [1.82, 2.24) is 0 Å². The molecule has 2 aromatic rings. The number of carbonyl (C=O) groups excluding carboxylic acids is 1. The van der Waals surface area contributed by atoms with E-state index >= 15 is 0 Å². The molecule has 0 heterocycles. The highest BCUT2D eigenvalue weighted by Gasteiger charge is 2.03. The van der Waals surface area contributed by atoms with Crippen LogP contribution in [0.5, 0.6) is 5.75 Å². The first-order valence-electron chi connectivity index (χ1n) is 6.25. The van der Waals surface area contributed by atoms with Crippen LogP contribution in [0.2, 0.25) is 5.02 Å². The zero-order chi connectivity index (χ0) is 15.2. The van der Waals surface area contributed by atoms with Crippen molar-refractivity contribution < 1.29 is 9.53 Å². The highest BCUT2D eigenvalue weighted by atomic mass is 35.5. The number of hydrogen-bond donors (Lipinski definition) is 0. The van der Waals surface area contributed by atoms with Gasteiger partial charge < -0.3 is 4.74 Å². The van der Waals surface area contributed by atoms with Gasteiger partial charge in [-0.25, -0.2) is 0 Å². The number of halogens is 1. The molecule has 21 heavy (non-hydrogen) atoms. The van der Waals surface area contributed by atoms with Gasteiger partial charge in [0.2, 0.25) is 0 Å². The van der Waals surface area contributed by atoms with Gasteiger partial charge in [0.1, 0.15) is 5.75 Å². The fraction of sp³-hybridized carbons (Fsp3) is 0.0588. The lowest BCUT2D eigenvalue weighted by Crippen LogP contribution is -2.01. The van der Waals surface area contributed by atoms with Gasteiger partial charge in [0.25, 0.3) is 0 Å². The van der Waals surface area contributed by atoms with E-state index in [4.69, 9.17) is 16.3 Å². The Morgan fingerprint density at radius 1 is 1.24 bits per heavy atom. The Morgan fingerprint density at radius 3 is 2.67 bits per heavy atom. The van der Waals surface area contributed by atoms with Crippen molar-refractivity contribution in [1.29, 1.82) is 5.26 Å². The Labute approximate surface area is 128 Å². The van der Waals surface area contributed by atoms with Crippen LogP contribution in [0, 0.1) is 11.3 Å². The van der Waals surface area contributed by atoms with Crippen LogP contribution in [0.15, 0.2) is 48.5 Å². The quantitative estimate of drug-likeness (QED) is 0.367. The van der Waals surface area contributed by atoms with Gasteiger partial charge in [0.15, 0.2) is 0 Å². The van der Waals surface area contributed by atoms with Gasteiger partial charge >= 0.3 is 5.97 Å². The lowest BCUT2D eigenvalue weighted by Gasteiger charge is -2.03. The van der Waals surface area contributed by atoms with E-state index in [-0.39, 0.29) is 5.97 Å². The van der Waals surface area contributed by atoms with Gasteiger partial charge in [-0.15, -0.1) is 0 Å². The van der Waals surface area contributed by atoms with Crippen molar-refractivity contribution in [2.75, 3.05) is 0 Å². The van der Waals surface area contributed by atoms with Crippen LogP contribution in [-0.2, 0) is 4.79 Å². The minimum atomic E-state index is -0.383. The molecule has 0 aliphatic heterocycles. The lowest BCUT2D eigenvalue weighted by atomic mass is 10.0. The van der Waals surface area contributed by atoms with E-state index in [0.717, 1.165) is 11.1 Å². The molecule has 0 atom stereocenters. The van der Waals surface area contributed by atoms with Crippen molar-refractivity contribution in [3.63, 3.8) is 0 Å². The molecule has 0 amide bonds. The normalized spacial score (nSPS) is 10.8. The van der Waals surface area contributed by atoms with E-state index in [1.54, 1.807) is 42.5 Å². The number of esters is 1. The van der Waals surface area contributed by atoms with Crippen molar-refractivity contribution in [3.8, 4) is 11.8 Å². The summed E-state index contributed by atoms with van der Waals surface area (Å²) < 4.78 is 5.02. The zero-order valence-corrected chi connectivity index (χ0v) is 12.1. The monoisotopic (exact) mass is 297 g/mol. The fourth-order valence-electron chi connectivity index (χ4n) is 1.84. The highest BCUT2D eigenvalue weighted by Crippen LogP contribution is 2.22. The second-order valence-corrected chi connectivity index (χ2v) is 4.78. The first kappa shape index (κ1) is 14.8. The third kappa shape index (κ3) is 4.20. The largest absolute Gasteiger partial charge is 0.427 e. The van der Waals surface area contributed by atoms with Crippen LogP contribution >= 0.6 is 11.6 Å². The Kier molecular flexibility index (Phi) is 4.76. The molecule has 104 valence electrons. The Morgan fingerprint density at radius 2 is 2.00 bits per heavy atom. The maximum Gasteiger partial charge on any atom is 0.308 e.